The van der Waals surface area contributed by atoms with Gasteiger partial charge in [-0.1, -0.05) is 23.7 Å². The summed E-state index contributed by atoms with van der Waals surface area (Å²) >= 11 is 7.26. The zero-order chi connectivity index (χ0) is 23.0. The van der Waals surface area contributed by atoms with E-state index in [9.17, 15) is 13.6 Å². The van der Waals surface area contributed by atoms with Gasteiger partial charge in [-0.3, -0.25) is 9.36 Å². The molecule has 1 fully saturated rings. The molecule has 3 aromatic rings. The number of nitrogens with zero attached hydrogens (tertiary/aromatic N) is 1. The van der Waals surface area contributed by atoms with Crippen molar-refractivity contribution in [1.29, 1.82) is 0 Å². The Morgan fingerprint density at radius 1 is 1.16 bits per heavy atom. The fourth-order valence-electron chi connectivity index (χ4n) is 3.50. The highest BCUT2D eigenvalue weighted by atomic mass is 35.5. The van der Waals surface area contributed by atoms with E-state index < -0.39 is 5.82 Å². The van der Waals surface area contributed by atoms with Crippen LogP contribution in [-0.4, -0.2) is 16.9 Å². The molecule has 32 heavy (non-hydrogen) atoms. The Labute approximate surface area is 193 Å². The van der Waals surface area contributed by atoms with Crippen LogP contribution in [0.4, 0.5) is 26.0 Å². The van der Waals surface area contributed by atoms with E-state index in [0.29, 0.717) is 27.8 Å². The van der Waals surface area contributed by atoms with Gasteiger partial charge in [0, 0.05) is 29.3 Å². The molecule has 1 heterocycles. The number of aryl methyl sites for hydroxylation is 1. The fraction of sp³-hybridized carbons (Fsp3) is 0.261. The predicted molar refractivity (Wildman–Crippen MR) is 126 cm³/mol. The van der Waals surface area contributed by atoms with Crippen LogP contribution >= 0.6 is 23.5 Å². The second-order valence-corrected chi connectivity index (χ2v) is 9.19. The number of hydrogen-bond acceptors (Lipinski definition) is 5. The van der Waals surface area contributed by atoms with Crippen molar-refractivity contribution < 1.29 is 13.5 Å². The maximum atomic E-state index is 14.5. The minimum absolute atomic E-state index is 0.0502. The molecule has 168 valence electrons. The molecule has 0 radical (unpaired) electrons. The lowest BCUT2D eigenvalue weighted by Crippen LogP contribution is -2.20. The van der Waals surface area contributed by atoms with E-state index in [2.05, 4.69) is 10.0 Å². The molecule has 2 unspecified atom stereocenters. The second kappa shape index (κ2) is 9.03. The van der Waals surface area contributed by atoms with Crippen molar-refractivity contribution in [3.8, 4) is 5.75 Å². The molecule has 1 aliphatic rings. The Kier molecular flexibility index (Phi) is 6.35. The number of rotatable bonds is 7. The first-order valence-electron chi connectivity index (χ1n) is 9.96. The highest BCUT2D eigenvalue weighted by Crippen LogP contribution is 2.51. The molecule has 5 nitrogen and oxygen atoms in total. The third kappa shape index (κ3) is 4.56. The second-order valence-electron chi connectivity index (χ2n) is 7.71. The van der Waals surface area contributed by atoms with E-state index in [1.165, 1.54) is 41.8 Å². The van der Waals surface area contributed by atoms with Crippen molar-refractivity contribution in [3.05, 3.63) is 80.6 Å². The monoisotopic (exact) mass is 477 g/mol. The first-order valence-corrected chi connectivity index (χ1v) is 11.2. The van der Waals surface area contributed by atoms with Crippen LogP contribution in [0, 0.1) is 18.6 Å². The van der Waals surface area contributed by atoms with E-state index >= 15 is 0 Å². The van der Waals surface area contributed by atoms with Gasteiger partial charge in [-0.05, 0) is 60.7 Å². The van der Waals surface area contributed by atoms with Crippen molar-refractivity contribution in [3.63, 3.8) is 0 Å². The van der Waals surface area contributed by atoms with Crippen LogP contribution in [-0.2, 0) is 7.05 Å². The molecular formula is C23H22ClF2N3O2S. The standard InChI is InChI=1S/C23H22ClF2N3O2S/c1-12-4-7-18(17(26)8-12)27-23-22(19(31-3)11-21(30)29(23)2)28-32-20-10-15(20)14-6-5-13(24)9-16(14)25/h4-9,11,15,20,27-28H,10H2,1-3H3. The quantitative estimate of drug-likeness (QED) is 0.409. The maximum Gasteiger partial charge on any atom is 0.255 e. The van der Waals surface area contributed by atoms with Crippen molar-refractivity contribution >= 4 is 40.7 Å². The maximum absolute atomic E-state index is 14.5. The van der Waals surface area contributed by atoms with Crippen LogP contribution in [0.15, 0.2) is 47.3 Å². The highest BCUT2D eigenvalue weighted by molar-refractivity contribution is 8.01. The van der Waals surface area contributed by atoms with Crippen molar-refractivity contribution in [2.75, 3.05) is 17.1 Å². The molecular weight excluding hydrogens is 456 g/mol. The Morgan fingerprint density at radius 3 is 2.62 bits per heavy atom. The summed E-state index contributed by atoms with van der Waals surface area (Å²) in [5.41, 5.74) is 1.85. The number of anilines is 3. The molecule has 0 spiro atoms. The Morgan fingerprint density at radius 2 is 1.94 bits per heavy atom. The van der Waals surface area contributed by atoms with E-state index in [1.54, 1.807) is 38.2 Å². The van der Waals surface area contributed by atoms with Gasteiger partial charge in [-0.15, -0.1) is 0 Å². The Bertz CT molecular complexity index is 1230. The molecule has 0 aliphatic heterocycles. The molecule has 4 rings (SSSR count). The summed E-state index contributed by atoms with van der Waals surface area (Å²) in [4.78, 5) is 12.4. The molecule has 2 atom stereocenters. The van der Waals surface area contributed by atoms with E-state index in [1.807, 2.05) is 0 Å². The summed E-state index contributed by atoms with van der Waals surface area (Å²) < 4.78 is 38.7. The molecule has 2 N–H and O–H groups in total. The van der Waals surface area contributed by atoms with Crippen molar-refractivity contribution in [1.82, 2.24) is 4.57 Å². The minimum atomic E-state index is -0.431. The van der Waals surface area contributed by atoms with Crippen LogP contribution < -0.4 is 20.3 Å². The smallest absolute Gasteiger partial charge is 0.255 e. The van der Waals surface area contributed by atoms with Gasteiger partial charge in [0.1, 0.15) is 23.1 Å². The van der Waals surface area contributed by atoms with Gasteiger partial charge in [0.2, 0.25) is 0 Å². The molecule has 1 aliphatic carbocycles. The average molecular weight is 478 g/mol. The Balaban J connectivity index is 1.59. The molecule has 0 bridgehead atoms. The van der Waals surface area contributed by atoms with Crippen LogP contribution in [0.25, 0.3) is 0 Å². The molecule has 2 aromatic carbocycles. The Hall–Kier alpha value is -2.71. The number of ether oxygens (including phenoxy) is 1. The summed E-state index contributed by atoms with van der Waals surface area (Å²) in [6.07, 6.45) is 0.791. The number of aromatic nitrogens is 1. The number of hydrogen-bond donors (Lipinski definition) is 2. The topological polar surface area (TPSA) is 55.3 Å². The number of benzene rings is 2. The largest absolute Gasteiger partial charge is 0.494 e. The van der Waals surface area contributed by atoms with Gasteiger partial charge in [-0.2, -0.15) is 0 Å². The lowest BCUT2D eigenvalue weighted by Gasteiger charge is -2.19. The molecule has 0 amide bonds. The predicted octanol–water partition coefficient (Wildman–Crippen LogP) is 5.99. The third-order valence-corrected chi connectivity index (χ3v) is 6.79. The van der Waals surface area contributed by atoms with Gasteiger partial charge < -0.3 is 14.8 Å². The highest BCUT2D eigenvalue weighted by Gasteiger charge is 2.41. The van der Waals surface area contributed by atoms with E-state index in [-0.39, 0.29) is 28.2 Å². The van der Waals surface area contributed by atoms with E-state index in [0.717, 1.165) is 12.0 Å². The van der Waals surface area contributed by atoms with Crippen LogP contribution in [0.3, 0.4) is 0 Å². The first-order chi connectivity index (χ1) is 15.3. The normalized spacial score (nSPS) is 17.2. The van der Waals surface area contributed by atoms with Crippen molar-refractivity contribution in [2.45, 2.75) is 24.5 Å². The third-order valence-electron chi connectivity index (χ3n) is 5.41. The number of pyridine rings is 1. The summed E-state index contributed by atoms with van der Waals surface area (Å²) in [6.45, 7) is 1.80. The van der Waals surface area contributed by atoms with Gasteiger partial charge in [0.25, 0.3) is 5.56 Å². The summed E-state index contributed by atoms with van der Waals surface area (Å²) in [5, 5.41) is 3.50. The molecule has 0 saturated heterocycles. The minimum Gasteiger partial charge on any atom is -0.494 e. The van der Waals surface area contributed by atoms with Crippen LogP contribution in [0.2, 0.25) is 5.02 Å². The zero-order valence-corrected chi connectivity index (χ0v) is 19.3. The van der Waals surface area contributed by atoms with Gasteiger partial charge >= 0.3 is 0 Å². The van der Waals surface area contributed by atoms with Crippen LogP contribution in [0.5, 0.6) is 5.75 Å². The summed E-state index contributed by atoms with van der Waals surface area (Å²) in [6, 6.07) is 10.9. The lowest BCUT2D eigenvalue weighted by atomic mass is 10.1. The number of methoxy groups -OCH3 is 1. The summed E-state index contributed by atoms with van der Waals surface area (Å²) in [5.74, 6) is -0.0129. The van der Waals surface area contributed by atoms with Gasteiger partial charge in [0.05, 0.1) is 12.8 Å². The van der Waals surface area contributed by atoms with Crippen molar-refractivity contribution in [2.24, 2.45) is 7.05 Å². The molecule has 1 saturated carbocycles. The van der Waals surface area contributed by atoms with Crippen LogP contribution in [0.1, 0.15) is 23.5 Å². The van der Waals surface area contributed by atoms with E-state index in [4.69, 9.17) is 16.3 Å². The summed E-state index contributed by atoms with van der Waals surface area (Å²) in [7, 11) is 3.05. The fourth-order valence-corrected chi connectivity index (χ4v) is 4.74. The van der Waals surface area contributed by atoms with Gasteiger partial charge in [0.15, 0.2) is 5.75 Å². The first kappa shape index (κ1) is 22.5. The average Bonchev–Trinajstić information content (AvgIpc) is 3.51. The SMILES string of the molecule is COc1cc(=O)n(C)c(Nc2ccc(C)cc2F)c1NSC1CC1c1ccc(Cl)cc1F. The number of halogens is 3. The number of nitrogens with one attached hydrogen (secondary N) is 2. The zero-order valence-electron chi connectivity index (χ0n) is 17.7. The lowest BCUT2D eigenvalue weighted by molar-refractivity contribution is 0.415. The molecule has 9 heteroatoms. The van der Waals surface area contributed by atoms with Gasteiger partial charge in [-0.25, -0.2) is 8.78 Å². The molecule has 1 aromatic heterocycles.